The van der Waals surface area contributed by atoms with Gasteiger partial charge in [0.15, 0.2) is 0 Å². The fourth-order valence-electron chi connectivity index (χ4n) is 2.14. The number of rotatable bonds is 10. The van der Waals surface area contributed by atoms with Crippen LogP contribution in [0.25, 0.3) is 0 Å². The number of carbonyl (C=O) groups is 4. The zero-order chi connectivity index (χ0) is 23.1. The second-order valence-electron chi connectivity index (χ2n) is 6.57. The van der Waals surface area contributed by atoms with Gasteiger partial charge in [0.25, 0.3) is 12.4 Å². The minimum atomic E-state index is -1.16. The molecule has 7 N–H and O–H groups in total. The van der Waals surface area contributed by atoms with Gasteiger partial charge in [-0.1, -0.05) is 32.0 Å². The van der Waals surface area contributed by atoms with Crippen LogP contribution in [0.2, 0.25) is 0 Å². The maximum absolute atomic E-state index is 12.5. The van der Waals surface area contributed by atoms with Crippen molar-refractivity contribution in [3.63, 3.8) is 0 Å². The summed E-state index contributed by atoms with van der Waals surface area (Å²) in [5, 5.41) is 24.3. The summed E-state index contributed by atoms with van der Waals surface area (Å²) in [5.41, 5.74) is 5.78. The SMILES string of the molecule is CN[C@@H](C)C(=O)N[C@H](C(=O)N[C@@H](CO)C(=O)NNc1ccccc1)C(C)C.O=CO. The molecule has 1 aromatic rings. The largest absolute Gasteiger partial charge is 0.483 e. The molecule has 0 aliphatic rings. The molecule has 0 saturated heterocycles. The Morgan fingerprint density at radius 1 is 1.00 bits per heavy atom. The Balaban J connectivity index is 0.00000263. The van der Waals surface area contributed by atoms with E-state index in [1.54, 1.807) is 52.1 Å². The van der Waals surface area contributed by atoms with Crippen molar-refractivity contribution in [1.29, 1.82) is 0 Å². The van der Waals surface area contributed by atoms with Crippen LogP contribution in [0.1, 0.15) is 20.8 Å². The summed E-state index contributed by atoms with van der Waals surface area (Å²) in [5.74, 6) is -1.69. The molecule has 0 unspecified atom stereocenters. The maximum Gasteiger partial charge on any atom is 0.290 e. The Kier molecular flexibility index (Phi) is 13.2. The molecule has 3 atom stereocenters. The highest BCUT2D eigenvalue weighted by Crippen LogP contribution is 2.04. The van der Waals surface area contributed by atoms with Crippen molar-refractivity contribution in [1.82, 2.24) is 21.4 Å². The summed E-state index contributed by atoms with van der Waals surface area (Å²) >= 11 is 0. The monoisotopic (exact) mass is 425 g/mol. The van der Waals surface area contributed by atoms with Crippen molar-refractivity contribution < 1.29 is 29.4 Å². The molecule has 3 amide bonds. The van der Waals surface area contributed by atoms with Crippen LogP contribution in [-0.2, 0) is 19.2 Å². The number of aliphatic hydroxyl groups excluding tert-OH is 1. The van der Waals surface area contributed by atoms with E-state index in [1.165, 1.54) is 0 Å². The standard InChI is InChI=1S/C18H29N5O4.CH2O2/c1-11(2)15(21-16(25)12(3)19-4)18(27)20-14(10-24)17(26)23-22-13-8-6-5-7-9-13;2-1-3/h5-9,11-12,14-15,19,22,24H,10H2,1-4H3,(H,20,27)(H,21,25)(H,23,26);1H,(H,2,3)/t12-,14-,15-;/m0./s1. The van der Waals surface area contributed by atoms with E-state index in [-0.39, 0.29) is 18.3 Å². The lowest BCUT2D eigenvalue weighted by Gasteiger charge is -2.25. The maximum atomic E-state index is 12.5. The van der Waals surface area contributed by atoms with Crippen molar-refractivity contribution in [3.8, 4) is 0 Å². The first-order chi connectivity index (χ1) is 14.2. The van der Waals surface area contributed by atoms with Crippen LogP contribution in [0.4, 0.5) is 5.69 Å². The molecule has 0 aliphatic heterocycles. The number of hydrogen-bond acceptors (Lipinski definition) is 7. The zero-order valence-corrected chi connectivity index (χ0v) is 17.5. The van der Waals surface area contributed by atoms with Crippen molar-refractivity contribution >= 4 is 29.9 Å². The van der Waals surface area contributed by atoms with E-state index >= 15 is 0 Å². The summed E-state index contributed by atoms with van der Waals surface area (Å²) in [6, 6.07) is 6.46. The predicted octanol–water partition coefficient (Wildman–Crippen LogP) is -0.944. The van der Waals surface area contributed by atoms with Gasteiger partial charge in [-0.3, -0.25) is 30.0 Å². The number of para-hydroxylation sites is 1. The van der Waals surface area contributed by atoms with Gasteiger partial charge in [-0.2, -0.15) is 0 Å². The molecule has 168 valence electrons. The molecule has 11 nitrogen and oxygen atoms in total. The highest BCUT2D eigenvalue weighted by atomic mass is 16.3. The van der Waals surface area contributed by atoms with Crippen molar-refractivity contribution in [2.24, 2.45) is 5.92 Å². The Labute approximate surface area is 175 Å². The molecule has 0 radical (unpaired) electrons. The molecular weight excluding hydrogens is 394 g/mol. The van der Waals surface area contributed by atoms with E-state index < -0.39 is 36.5 Å². The highest BCUT2D eigenvalue weighted by molar-refractivity contribution is 5.93. The minimum absolute atomic E-state index is 0.206. The molecule has 0 fully saturated rings. The van der Waals surface area contributed by atoms with Crippen molar-refractivity contribution in [2.45, 2.75) is 38.9 Å². The third kappa shape index (κ3) is 9.85. The number of aliphatic hydroxyl groups is 1. The van der Waals surface area contributed by atoms with Gasteiger partial charge in [-0.05, 0) is 32.0 Å². The molecule has 1 rings (SSSR count). The van der Waals surface area contributed by atoms with Crippen LogP contribution in [0.15, 0.2) is 30.3 Å². The Morgan fingerprint density at radius 2 is 1.57 bits per heavy atom. The normalized spacial score (nSPS) is 13.0. The lowest BCUT2D eigenvalue weighted by atomic mass is 10.0. The van der Waals surface area contributed by atoms with Crippen LogP contribution in [0, 0.1) is 5.92 Å². The van der Waals surface area contributed by atoms with Gasteiger partial charge >= 0.3 is 0 Å². The lowest BCUT2D eigenvalue weighted by molar-refractivity contribution is -0.133. The third-order valence-electron chi connectivity index (χ3n) is 3.99. The minimum Gasteiger partial charge on any atom is -0.483 e. The van der Waals surface area contributed by atoms with Crippen LogP contribution < -0.4 is 26.8 Å². The molecule has 1 aromatic carbocycles. The third-order valence-corrected chi connectivity index (χ3v) is 3.99. The van der Waals surface area contributed by atoms with E-state index in [2.05, 4.69) is 26.8 Å². The van der Waals surface area contributed by atoms with Crippen LogP contribution >= 0.6 is 0 Å². The quantitative estimate of drug-likeness (QED) is 0.186. The number of hydrazine groups is 1. The molecule has 0 saturated carbocycles. The summed E-state index contributed by atoms with van der Waals surface area (Å²) in [4.78, 5) is 45.1. The topological polar surface area (TPSA) is 169 Å². The second-order valence-corrected chi connectivity index (χ2v) is 6.57. The number of benzene rings is 1. The van der Waals surface area contributed by atoms with E-state index in [0.29, 0.717) is 5.69 Å². The van der Waals surface area contributed by atoms with Gasteiger partial charge in [0, 0.05) is 0 Å². The van der Waals surface area contributed by atoms with E-state index in [1.807, 2.05) is 6.07 Å². The first kappa shape index (κ1) is 26.8. The molecule has 30 heavy (non-hydrogen) atoms. The number of likely N-dealkylation sites (N-methyl/N-ethyl adjacent to an activating group) is 1. The number of carboxylic acid groups (broad SMARTS) is 1. The molecule has 0 heterocycles. The summed E-state index contributed by atoms with van der Waals surface area (Å²) in [6.45, 7) is 4.39. The smallest absolute Gasteiger partial charge is 0.290 e. The van der Waals surface area contributed by atoms with Gasteiger partial charge in [-0.25, -0.2) is 0 Å². The molecule has 0 aliphatic carbocycles. The number of amides is 3. The Hall–Kier alpha value is -3.18. The predicted molar refractivity (Wildman–Crippen MR) is 111 cm³/mol. The summed E-state index contributed by atoms with van der Waals surface area (Å²) in [6.07, 6.45) is 0. The van der Waals surface area contributed by atoms with Gasteiger partial charge < -0.3 is 26.2 Å². The fourth-order valence-corrected chi connectivity index (χ4v) is 2.14. The highest BCUT2D eigenvalue weighted by Gasteiger charge is 2.29. The van der Waals surface area contributed by atoms with Gasteiger partial charge in [0.05, 0.1) is 18.3 Å². The van der Waals surface area contributed by atoms with Gasteiger partial charge in [-0.15, -0.1) is 0 Å². The van der Waals surface area contributed by atoms with Gasteiger partial charge in [0.1, 0.15) is 12.1 Å². The first-order valence-corrected chi connectivity index (χ1v) is 9.29. The number of carbonyl (C=O) groups excluding carboxylic acids is 3. The Bertz CT molecular complexity index is 671. The lowest BCUT2D eigenvalue weighted by Crippen LogP contribution is -2.58. The summed E-state index contributed by atoms with van der Waals surface area (Å²) in [7, 11) is 1.64. The number of nitrogens with one attached hydrogen (secondary N) is 5. The number of anilines is 1. The zero-order valence-electron chi connectivity index (χ0n) is 17.5. The van der Waals surface area contributed by atoms with Crippen molar-refractivity contribution in [2.75, 3.05) is 19.1 Å². The van der Waals surface area contributed by atoms with Crippen molar-refractivity contribution in [3.05, 3.63) is 30.3 Å². The molecule has 0 bridgehead atoms. The molecule has 0 spiro atoms. The van der Waals surface area contributed by atoms with E-state index in [9.17, 15) is 19.5 Å². The average Bonchev–Trinajstić information content (AvgIpc) is 2.74. The van der Waals surface area contributed by atoms with Crippen LogP contribution in [0.3, 0.4) is 0 Å². The first-order valence-electron chi connectivity index (χ1n) is 9.29. The van der Waals surface area contributed by atoms with E-state index in [0.717, 1.165) is 0 Å². The van der Waals surface area contributed by atoms with Crippen LogP contribution in [0.5, 0.6) is 0 Å². The molecular formula is C19H31N5O6. The average molecular weight is 425 g/mol. The molecule has 0 aromatic heterocycles. The van der Waals surface area contributed by atoms with E-state index in [4.69, 9.17) is 9.90 Å². The Morgan fingerprint density at radius 3 is 2.03 bits per heavy atom. The fraction of sp³-hybridized carbons (Fsp3) is 0.474. The summed E-state index contributed by atoms with van der Waals surface area (Å²) < 4.78 is 0. The number of hydrogen-bond donors (Lipinski definition) is 7. The molecule has 11 heteroatoms. The van der Waals surface area contributed by atoms with Crippen LogP contribution in [-0.4, -0.2) is 66.2 Å². The van der Waals surface area contributed by atoms with Gasteiger partial charge in [0.2, 0.25) is 11.8 Å². The second kappa shape index (κ2) is 14.8.